The second kappa shape index (κ2) is 4.53. The Bertz CT molecular complexity index is 582. The first-order chi connectivity index (χ1) is 8.78. The van der Waals surface area contributed by atoms with Crippen molar-refractivity contribution in [2.24, 2.45) is 0 Å². The van der Waals surface area contributed by atoms with Gasteiger partial charge >= 0.3 is 5.97 Å². The van der Waals surface area contributed by atoms with Crippen LogP contribution in [0.15, 0.2) is 18.2 Å². The van der Waals surface area contributed by atoms with Crippen LogP contribution < -0.4 is 9.47 Å². The molecule has 0 spiro atoms. The summed E-state index contributed by atoms with van der Waals surface area (Å²) >= 11 is 0. The number of esters is 1. The number of carbonyl (C=O) groups excluding carboxylic acids is 2. The Morgan fingerprint density at radius 3 is 2.47 bits per heavy atom. The number of benzene rings is 1. The molecule has 4 heteroatoms. The van der Waals surface area contributed by atoms with Gasteiger partial charge in [0.05, 0.1) is 5.56 Å². The lowest BCUT2D eigenvalue weighted by atomic mass is 9.99. The minimum Gasteiger partial charge on any atom is -0.483 e. The maximum Gasteiger partial charge on any atom is 0.308 e. The van der Waals surface area contributed by atoms with Crippen LogP contribution in [-0.4, -0.2) is 17.4 Å². The number of ether oxygens (including phenoxy) is 2. The minimum atomic E-state index is -0.465. The van der Waals surface area contributed by atoms with Gasteiger partial charge in [-0.05, 0) is 32.9 Å². The van der Waals surface area contributed by atoms with Gasteiger partial charge < -0.3 is 9.47 Å². The smallest absolute Gasteiger partial charge is 0.308 e. The molecule has 1 aliphatic heterocycles. The minimum absolute atomic E-state index is 0.155. The summed E-state index contributed by atoms with van der Waals surface area (Å²) in [5, 5.41) is 0. The van der Waals surface area contributed by atoms with Gasteiger partial charge in [-0.25, -0.2) is 0 Å². The quantitative estimate of drug-likeness (QED) is 0.466. The number of fused-ring (bicyclic) bond motifs is 1. The van der Waals surface area contributed by atoms with E-state index in [1.165, 1.54) is 13.8 Å². The molecule has 0 amide bonds. The van der Waals surface area contributed by atoms with Gasteiger partial charge in [0.15, 0.2) is 5.78 Å². The van der Waals surface area contributed by atoms with Gasteiger partial charge in [-0.2, -0.15) is 0 Å². The highest BCUT2D eigenvalue weighted by atomic mass is 16.5. The largest absolute Gasteiger partial charge is 0.483 e. The van der Waals surface area contributed by atoms with Gasteiger partial charge in [-0.15, -0.1) is 0 Å². The molecule has 1 aromatic rings. The Morgan fingerprint density at radius 2 is 1.89 bits per heavy atom. The van der Waals surface area contributed by atoms with E-state index in [4.69, 9.17) is 9.47 Å². The molecule has 1 aliphatic rings. The number of Topliss-reactive ketones (excluding diaryl/α,β-unsaturated/α-hetero) is 1. The molecule has 0 fully saturated rings. The third-order valence-corrected chi connectivity index (χ3v) is 2.78. The van der Waals surface area contributed by atoms with Crippen molar-refractivity contribution in [3.05, 3.63) is 29.3 Å². The van der Waals surface area contributed by atoms with E-state index in [1.54, 1.807) is 12.1 Å². The van der Waals surface area contributed by atoms with Gasteiger partial charge in [0, 0.05) is 18.6 Å². The second-order valence-electron chi connectivity index (χ2n) is 5.07. The third kappa shape index (κ3) is 2.84. The molecule has 0 unspecified atom stereocenters. The lowest BCUT2D eigenvalue weighted by Crippen LogP contribution is -2.27. The molecule has 2 rings (SSSR count). The summed E-state index contributed by atoms with van der Waals surface area (Å²) in [6, 6.07) is 3.28. The van der Waals surface area contributed by atoms with Crippen molar-refractivity contribution in [2.75, 3.05) is 0 Å². The average molecular weight is 260 g/mol. The number of rotatable bonds is 2. The summed E-state index contributed by atoms with van der Waals surface area (Å²) in [6.07, 6.45) is 3.83. The predicted molar refractivity (Wildman–Crippen MR) is 71.5 cm³/mol. The van der Waals surface area contributed by atoms with Gasteiger partial charge in [0.1, 0.15) is 17.1 Å². The van der Waals surface area contributed by atoms with E-state index in [0.29, 0.717) is 11.3 Å². The Hall–Kier alpha value is -2.10. The summed E-state index contributed by atoms with van der Waals surface area (Å²) in [6.45, 7) is 6.59. The predicted octanol–water partition coefficient (Wildman–Crippen LogP) is 3.00. The topological polar surface area (TPSA) is 52.6 Å². The molecule has 100 valence electrons. The van der Waals surface area contributed by atoms with Crippen molar-refractivity contribution in [3.63, 3.8) is 0 Å². The molecule has 0 saturated heterocycles. The van der Waals surface area contributed by atoms with Crippen LogP contribution in [0.1, 0.15) is 43.6 Å². The van der Waals surface area contributed by atoms with Crippen molar-refractivity contribution >= 4 is 17.8 Å². The number of hydrogen-bond acceptors (Lipinski definition) is 4. The highest BCUT2D eigenvalue weighted by molar-refractivity contribution is 5.98. The molecule has 0 N–H and O–H groups in total. The Labute approximate surface area is 112 Å². The number of hydrogen-bond donors (Lipinski definition) is 0. The van der Waals surface area contributed by atoms with Crippen LogP contribution in [0.4, 0.5) is 0 Å². The van der Waals surface area contributed by atoms with Crippen LogP contribution in [-0.2, 0) is 4.79 Å². The first kappa shape index (κ1) is 13.3. The summed E-state index contributed by atoms with van der Waals surface area (Å²) in [7, 11) is 0. The molecule has 4 nitrogen and oxygen atoms in total. The van der Waals surface area contributed by atoms with Crippen LogP contribution in [0, 0.1) is 0 Å². The normalized spacial score (nSPS) is 15.4. The van der Waals surface area contributed by atoms with Crippen LogP contribution in [0.3, 0.4) is 0 Å². The summed E-state index contributed by atoms with van der Waals surface area (Å²) in [5.74, 6) is 0.226. The van der Waals surface area contributed by atoms with E-state index in [1.807, 2.05) is 26.0 Å². The summed E-state index contributed by atoms with van der Waals surface area (Å²) < 4.78 is 10.9. The second-order valence-corrected chi connectivity index (χ2v) is 5.07. The summed E-state index contributed by atoms with van der Waals surface area (Å²) in [4.78, 5) is 22.7. The van der Waals surface area contributed by atoms with Crippen molar-refractivity contribution in [1.29, 1.82) is 0 Å². The van der Waals surface area contributed by atoms with E-state index >= 15 is 0 Å². The fraction of sp³-hybridized carbons (Fsp3) is 0.333. The van der Waals surface area contributed by atoms with Crippen LogP contribution >= 0.6 is 0 Å². The first-order valence-electron chi connectivity index (χ1n) is 6.04. The maximum absolute atomic E-state index is 11.6. The Balaban J connectivity index is 2.53. The standard InChI is InChI=1S/C15H16O4/c1-9(16)12-7-11-5-6-15(3,4)19-13(11)8-14(12)18-10(2)17/h5-8H,1-4H3. The zero-order chi connectivity index (χ0) is 14.2. The molecular weight excluding hydrogens is 244 g/mol. The molecule has 1 heterocycles. The summed E-state index contributed by atoms with van der Waals surface area (Å²) in [5.41, 5.74) is 0.764. The van der Waals surface area contributed by atoms with Crippen LogP contribution in [0.25, 0.3) is 6.08 Å². The fourth-order valence-corrected chi connectivity index (χ4v) is 1.92. The average Bonchev–Trinajstić information content (AvgIpc) is 2.25. The van der Waals surface area contributed by atoms with E-state index in [-0.39, 0.29) is 11.5 Å². The van der Waals surface area contributed by atoms with Crippen molar-refractivity contribution in [2.45, 2.75) is 33.3 Å². The molecule has 0 atom stereocenters. The maximum atomic E-state index is 11.6. The molecule has 0 saturated carbocycles. The molecule has 19 heavy (non-hydrogen) atoms. The molecule has 0 bridgehead atoms. The van der Waals surface area contributed by atoms with Crippen LogP contribution in [0.2, 0.25) is 0 Å². The molecule has 0 radical (unpaired) electrons. The zero-order valence-electron chi connectivity index (χ0n) is 11.4. The number of carbonyl (C=O) groups is 2. The van der Waals surface area contributed by atoms with Crippen molar-refractivity contribution in [1.82, 2.24) is 0 Å². The molecular formula is C15H16O4. The van der Waals surface area contributed by atoms with E-state index < -0.39 is 11.6 Å². The molecule has 0 aliphatic carbocycles. The monoisotopic (exact) mass is 260 g/mol. The Morgan fingerprint density at radius 1 is 1.21 bits per heavy atom. The van der Waals surface area contributed by atoms with Crippen molar-refractivity contribution in [3.8, 4) is 11.5 Å². The third-order valence-electron chi connectivity index (χ3n) is 2.78. The van der Waals surface area contributed by atoms with Gasteiger partial charge in [0.2, 0.25) is 0 Å². The highest BCUT2D eigenvalue weighted by Gasteiger charge is 2.24. The molecule has 0 aromatic heterocycles. The van der Waals surface area contributed by atoms with Crippen LogP contribution in [0.5, 0.6) is 11.5 Å². The van der Waals surface area contributed by atoms with Gasteiger partial charge in [0.25, 0.3) is 0 Å². The zero-order valence-corrected chi connectivity index (χ0v) is 11.4. The van der Waals surface area contributed by atoms with Crippen molar-refractivity contribution < 1.29 is 19.1 Å². The Kier molecular flexibility index (Phi) is 3.18. The van der Waals surface area contributed by atoms with E-state index in [2.05, 4.69) is 0 Å². The molecule has 1 aromatic carbocycles. The van der Waals surface area contributed by atoms with E-state index in [0.717, 1.165) is 5.56 Å². The highest BCUT2D eigenvalue weighted by Crippen LogP contribution is 2.36. The number of ketones is 1. The fourth-order valence-electron chi connectivity index (χ4n) is 1.92. The lowest BCUT2D eigenvalue weighted by molar-refractivity contribution is -0.131. The van der Waals surface area contributed by atoms with E-state index in [9.17, 15) is 9.59 Å². The van der Waals surface area contributed by atoms with Gasteiger partial charge in [-0.3, -0.25) is 9.59 Å². The first-order valence-corrected chi connectivity index (χ1v) is 6.04. The lowest BCUT2D eigenvalue weighted by Gasteiger charge is -2.28. The SMILES string of the molecule is CC(=O)Oc1cc2c(cc1C(C)=O)C=CC(C)(C)O2. The van der Waals surface area contributed by atoms with Gasteiger partial charge in [-0.1, -0.05) is 6.08 Å².